The number of benzene rings is 2. The van der Waals surface area contributed by atoms with E-state index in [1.807, 2.05) is 0 Å². The van der Waals surface area contributed by atoms with Gasteiger partial charge in [0.25, 0.3) is 5.56 Å². The Kier molecular flexibility index (Phi) is 7.06. The number of alkyl halides is 3. The van der Waals surface area contributed by atoms with E-state index in [1.165, 1.54) is 0 Å². The van der Waals surface area contributed by atoms with Crippen molar-refractivity contribution in [3.05, 3.63) is 91.4 Å². The van der Waals surface area contributed by atoms with Crippen LogP contribution in [0.3, 0.4) is 0 Å². The van der Waals surface area contributed by atoms with Crippen molar-refractivity contribution in [3.63, 3.8) is 0 Å². The van der Waals surface area contributed by atoms with Gasteiger partial charge in [0, 0.05) is 19.2 Å². The van der Waals surface area contributed by atoms with Gasteiger partial charge in [0.15, 0.2) is 11.5 Å². The van der Waals surface area contributed by atoms with Crippen LogP contribution in [0, 0.1) is 5.82 Å². The first-order valence-corrected chi connectivity index (χ1v) is 10.6. The Bertz CT molecular complexity index is 1380. The lowest BCUT2D eigenvalue weighted by Gasteiger charge is -2.19. The molecule has 0 saturated carbocycles. The summed E-state index contributed by atoms with van der Waals surface area (Å²) < 4.78 is 66.5. The maximum Gasteiger partial charge on any atom is 0.431 e. The van der Waals surface area contributed by atoms with Gasteiger partial charge in [0.1, 0.15) is 23.4 Å². The van der Waals surface area contributed by atoms with E-state index in [2.05, 4.69) is 22.5 Å². The molecule has 1 heterocycles. The predicted molar refractivity (Wildman–Crippen MR) is 121 cm³/mol. The monoisotopic (exact) mass is 542 g/mol. The zero-order chi connectivity index (χ0) is 25.4. The zero-order valence-electron chi connectivity index (χ0n) is 18.2. The molecule has 0 aliphatic heterocycles. The first-order valence-electron chi connectivity index (χ1n) is 9.80. The molecule has 0 fully saturated rings. The Hall–Kier alpha value is -3.34. The van der Waals surface area contributed by atoms with E-state index < -0.39 is 34.6 Å². The Morgan fingerprint density at radius 2 is 1.71 bits per heavy atom. The van der Waals surface area contributed by atoms with Crippen LogP contribution in [0.2, 0.25) is 0 Å². The predicted octanol–water partition coefficient (Wildman–Crippen LogP) is 5.59. The molecule has 1 atom stereocenters. The number of para-hydroxylation sites is 2. The maximum atomic E-state index is 14.8. The van der Waals surface area contributed by atoms with Crippen molar-refractivity contribution < 1.29 is 27.0 Å². The van der Waals surface area contributed by atoms with Gasteiger partial charge in [-0.25, -0.2) is 13.8 Å². The molecule has 1 unspecified atom stereocenters. The first-order chi connectivity index (χ1) is 15.8. The van der Waals surface area contributed by atoms with Gasteiger partial charge in [-0.1, -0.05) is 18.7 Å². The number of ether oxygens (including phenoxy) is 2. The minimum absolute atomic E-state index is 0.00993. The summed E-state index contributed by atoms with van der Waals surface area (Å²) in [7, 11) is 0.839. The Balaban J connectivity index is 2.12. The smallest absolute Gasteiger partial charge is 0.431 e. The van der Waals surface area contributed by atoms with Gasteiger partial charge >= 0.3 is 11.9 Å². The summed E-state index contributed by atoms with van der Waals surface area (Å²) in [5.41, 5.74) is -3.98. The van der Waals surface area contributed by atoms with Gasteiger partial charge in [0.05, 0.1) is 10.2 Å². The highest BCUT2D eigenvalue weighted by molar-refractivity contribution is 9.10. The standard InChI is InChI=1S/C23H19BrF4N2O4/c1-12(2)13(3)33-17-7-5-6-8-18(17)34-19-10-16(15(25)9-14(19)24)30-21(31)11-20(23(26,27)28)29(4)22(30)32/h5-11,13H,1H2,2-4H3. The van der Waals surface area contributed by atoms with Crippen molar-refractivity contribution >= 4 is 15.9 Å². The van der Waals surface area contributed by atoms with Crippen LogP contribution in [0.1, 0.15) is 19.5 Å². The number of nitrogens with zero attached hydrogens (tertiary/aromatic N) is 2. The molecule has 0 aliphatic carbocycles. The SMILES string of the molecule is C=C(C)C(C)Oc1ccccc1Oc1cc(-n2c(=O)cc(C(F)(F)F)n(C)c2=O)c(F)cc1Br. The van der Waals surface area contributed by atoms with Crippen LogP contribution in [0.25, 0.3) is 5.69 Å². The topological polar surface area (TPSA) is 62.5 Å². The molecule has 1 aromatic heterocycles. The summed E-state index contributed by atoms with van der Waals surface area (Å²) in [6.45, 7) is 7.41. The van der Waals surface area contributed by atoms with Crippen molar-refractivity contribution in [1.82, 2.24) is 9.13 Å². The number of hydrogen-bond acceptors (Lipinski definition) is 4. The van der Waals surface area contributed by atoms with Crippen LogP contribution in [0.15, 0.2) is 68.7 Å². The van der Waals surface area contributed by atoms with Gasteiger partial charge < -0.3 is 9.47 Å². The molecule has 3 rings (SSSR count). The molecule has 0 radical (unpaired) electrons. The molecule has 0 bridgehead atoms. The summed E-state index contributed by atoms with van der Waals surface area (Å²) >= 11 is 3.16. The average molecular weight is 543 g/mol. The molecule has 0 N–H and O–H groups in total. The third-order valence-corrected chi connectivity index (χ3v) is 5.54. The number of aromatic nitrogens is 2. The largest absolute Gasteiger partial charge is 0.482 e. The number of hydrogen-bond donors (Lipinski definition) is 0. The molecule has 2 aromatic carbocycles. The third-order valence-electron chi connectivity index (χ3n) is 4.92. The van der Waals surface area contributed by atoms with Crippen molar-refractivity contribution in [2.75, 3.05) is 0 Å². The van der Waals surface area contributed by atoms with E-state index >= 15 is 0 Å². The zero-order valence-corrected chi connectivity index (χ0v) is 19.8. The lowest BCUT2D eigenvalue weighted by Crippen LogP contribution is -2.41. The Morgan fingerprint density at radius 1 is 1.09 bits per heavy atom. The van der Waals surface area contributed by atoms with Gasteiger partial charge in [-0.05, 0) is 53.5 Å². The molecule has 34 heavy (non-hydrogen) atoms. The van der Waals surface area contributed by atoms with E-state index in [1.54, 1.807) is 38.1 Å². The lowest BCUT2D eigenvalue weighted by molar-refractivity contribution is -0.144. The molecule has 0 aliphatic rings. The summed E-state index contributed by atoms with van der Waals surface area (Å²) in [6.07, 6.45) is -5.28. The molecular weight excluding hydrogens is 524 g/mol. The summed E-state index contributed by atoms with van der Waals surface area (Å²) in [4.78, 5) is 25.0. The first kappa shape index (κ1) is 25.3. The van der Waals surface area contributed by atoms with Crippen molar-refractivity contribution in [2.24, 2.45) is 7.05 Å². The molecule has 0 spiro atoms. The third kappa shape index (κ3) is 5.09. The Morgan fingerprint density at radius 3 is 2.29 bits per heavy atom. The number of rotatable bonds is 6. The van der Waals surface area contributed by atoms with Gasteiger partial charge in [0.2, 0.25) is 0 Å². The molecule has 11 heteroatoms. The molecule has 6 nitrogen and oxygen atoms in total. The minimum atomic E-state index is -4.94. The molecule has 3 aromatic rings. The summed E-state index contributed by atoms with van der Waals surface area (Å²) in [6, 6.07) is 8.81. The fraction of sp³-hybridized carbons (Fsp3) is 0.217. The van der Waals surface area contributed by atoms with E-state index in [-0.39, 0.29) is 32.7 Å². The van der Waals surface area contributed by atoms with Crippen LogP contribution in [0.5, 0.6) is 17.2 Å². The van der Waals surface area contributed by atoms with E-state index in [9.17, 15) is 27.2 Å². The van der Waals surface area contributed by atoms with Crippen LogP contribution >= 0.6 is 15.9 Å². The van der Waals surface area contributed by atoms with E-state index in [0.717, 1.165) is 24.8 Å². The van der Waals surface area contributed by atoms with Crippen LogP contribution in [-0.2, 0) is 13.2 Å². The normalized spacial score (nSPS) is 12.4. The molecular formula is C23H19BrF4N2O4. The van der Waals surface area contributed by atoms with Crippen LogP contribution < -0.4 is 20.7 Å². The Labute approximate surface area is 199 Å². The van der Waals surface area contributed by atoms with Crippen molar-refractivity contribution in [2.45, 2.75) is 26.1 Å². The highest BCUT2D eigenvalue weighted by Crippen LogP contribution is 2.37. The van der Waals surface area contributed by atoms with Gasteiger partial charge in [-0.2, -0.15) is 13.2 Å². The van der Waals surface area contributed by atoms with E-state index in [0.29, 0.717) is 10.3 Å². The average Bonchev–Trinajstić information content (AvgIpc) is 2.74. The van der Waals surface area contributed by atoms with E-state index in [4.69, 9.17) is 9.47 Å². The fourth-order valence-electron chi connectivity index (χ4n) is 2.93. The second kappa shape index (κ2) is 9.49. The molecule has 0 amide bonds. The van der Waals surface area contributed by atoms with Gasteiger partial charge in [-0.3, -0.25) is 9.36 Å². The molecule has 0 saturated heterocycles. The summed E-state index contributed by atoms with van der Waals surface area (Å²) in [5.74, 6) is -0.456. The molecule has 180 valence electrons. The maximum absolute atomic E-state index is 14.8. The quantitative estimate of drug-likeness (QED) is 0.301. The minimum Gasteiger partial charge on any atom is -0.482 e. The highest BCUT2D eigenvalue weighted by atomic mass is 79.9. The number of halogens is 5. The highest BCUT2D eigenvalue weighted by Gasteiger charge is 2.35. The second-order valence-electron chi connectivity index (χ2n) is 7.43. The lowest BCUT2D eigenvalue weighted by atomic mass is 10.2. The van der Waals surface area contributed by atoms with Gasteiger partial charge in [-0.15, -0.1) is 0 Å². The van der Waals surface area contributed by atoms with Crippen LogP contribution in [0.4, 0.5) is 17.6 Å². The summed E-state index contributed by atoms with van der Waals surface area (Å²) in [5, 5.41) is 0. The van der Waals surface area contributed by atoms with Crippen molar-refractivity contribution in [1.29, 1.82) is 0 Å². The van der Waals surface area contributed by atoms with Crippen molar-refractivity contribution in [3.8, 4) is 22.9 Å². The van der Waals surface area contributed by atoms with Crippen LogP contribution in [-0.4, -0.2) is 15.2 Å². The fourth-order valence-corrected chi connectivity index (χ4v) is 3.33. The second-order valence-corrected chi connectivity index (χ2v) is 8.29.